The molecule has 1 heterocycles. The van der Waals surface area contributed by atoms with Crippen LogP contribution in [0, 0.1) is 56.8 Å². The summed E-state index contributed by atoms with van der Waals surface area (Å²) in [6.07, 6.45) is 7.20. The second-order valence-corrected chi connectivity index (χ2v) is 15.5. The molecule has 1 aliphatic heterocycles. The number of carbonyl (C=O) groups is 3. The fourth-order valence-corrected chi connectivity index (χ4v) is 11.0. The number of hydrogen-bond acceptors (Lipinski definition) is 5. The fraction of sp³-hybridized carbons (Fsp3) is 0.812. The van der Waals surface area contributed by atoms with Gasteiger partial charge in [0.05, 0.1) is 12.5 Å². The van der Waals surface area contributed by atoms with Gasteiger partial charge in [-0.15, -0.1) is 0 Å². The second-order valence-electron chi connectivity index (χ2n) is 15.5. The maximum Gasteiger partial charge on any atom is 0.424 e. The van der Waals surface area contributed by atoms with Gasteiger partial charge in [-0.2, -0.15) is 0 Å². The van der Waals surface area contributed by atoms with Crippen LogP contribution in [0.1, 0.15) is 93.4 Å². The summed E-state index contributed by atoms with van der Waals surface area (Å²) in [6.45, 7) is 23.2. The first-order valence-corrected chi connectivity index (χ1v) is 14.5. The van der Waals surface area contributed by atoms with Gasteiger partial charge in [0.1, 0.15) is 0 Å². The Balaban J connectivity index is 1.52. The van der Waals surface area contributed by atoms with Gasteiger partial charge in [-0.3, -0.25) is 24.0 Å². The first-order chi connectivity index (χ1) is 17.5. The molecule has 5 aliphatic carbocycles. The van der Waals surface area contributed by atoms with Crippen LogP contribution in [-0.4, -0.2) is 36.5 Å². The van der Waals surface area contributed by atoms with Crippen LogP contribution in [0.5, 0.6) is 0 Å². The van der Waals surface area contributed by atoms with Crippen molar-refractivity contribution in [2.45, 2.75) is 105 Å². The van der Waals surface area contributed by atoms with E-state index in [1.165, 1.54) is 7.11 Å². The molecular formula is C32H43NO5. The highest BCUT2D eigenvalue weighted by Gasteiger charge is 2.87. The molecule has 4 saturated carbocycles. The lowest BCUT2D eigenvalue weighted by molar-refractivity contribution is -0.192. The van der Waals surface area contributed by atoms with E-state index in [-0.39, 0.29) is 51.5 Å². The average molecular weight is 522 g/mol. The lowest BCUT2D eigenvalue weighted by Crippen LogP contribution is -2.67. The molecule has 0 N–H and O–H groups in total. The normalized spacial score (nSPS) is 51.6. The van der Waals surface area contributed by atoms with Crippen LogP contribution in [0.4, 0.5) is 0 Å². The van der Waals surface area contributed by atoms with E-state index in [1.807, 2.05) is 19.9 Å². The minimum atomic E-state index is -1.42. The van der Waals surface area contributed by atoms with Gasteiger partial charge in [0.2, 0.25) is 0 Å². The Morgan fingerprint density at radius 2 is 1.68 bits per heavy atom. The molecule has 206 valence electrons. The number of ketones is 2. The SMILES string of the molecule is [C-]#[N+][C@@]12O[C@@H]1[C@]1(C)C3=CC(=O)[C@@H]4[C@@H]5CC(C)(C)CC[C@]5(C(=O)OC)CC[C@@]4(C)[C@]3(C)CC[C@H]1C(C)(C)C2=O. The molecule has 0 aromatic heterocycles. The summed E-state index contributed by atoms with van der Waals surface area (Å²) in [5.41, 5.74) is -2.80. The Morgan fingerprint density at radius 3 is 2.32 bits per heavy atom. The predicted octanol–water partition coefficient (Wildman–Crippen LogP) is 5.94. The molecule has 0 aromatic carbocycles. The molecule has 0 aromatic rings. The summed E-state index contributed by atoms with van der Waals surface area (Å²) in [6, 6.07) is 0. The second kappa shape index (κ2) is 7.19. The van der Waals surface area contributed by atoms with E-state index in [1.54, 1.807) is 0 Å². The quantitative estimate of drug-likeness (QED) is 0.242. The number of methoxy groups -OCH3 is 1. The van der Waals surface area contributed by atoms with Gasteiger partial charge in [-0.1, -0.05) is 54.0 Å². The van der Waals surface area contributed by atoms with Crippen LogP contribution in [0.2, 0.25) is 0 Å². The molecule has 6 aliphatic rings. The molecule has 5 fully saturated rings. The van der Waals surface area contributed by atoms with Crippen molar-refractivity contribution < 1.29 is 23.9 Å². The average Bonchev–Trinajstić information content (AvgIpc) is 3.61. The number of rotatable bonds is 1. The highest BCUT2D eigenvalue weighted by Crippen LogP contribution is 2.78. The Hall–Kier alpha value is -2.00. The first-order valence-electron chi connectivity index (χ1n) is 14.5. The lowest BCUT2D eigenvalue weighted by atomic mass is 9.33. The third kappa shape index (κ3) is 2.66. The van der Waals surface area contributed by atoms with Crippen molar-refractivity contribution in [1.82, 2.24) is 0 Å². The molecule has 0 amide bonds. The predicted molar refractivity (Wildman–Crippen MR) is 141 cm³/mol. The molecule has 6 rings (SSSR count). The minimum absolute atomic E-state index is 0.00325. The van der Waals surface area contributed by atoms with E-state index in [0.29, 0.717) is 0 Å². The number of allylic oxidation sites excluding steroid dienone is 1. The highest BCUT2D eigenvalue weighted by atomic mass is 16.6. The van der Waals surface area contributed by atoms with Crippen LogP contribution >= 0.6 is 0 Å². The van der Waals surface area contributed by atoms with Gasteiger partial charge in [0.25, 0.3) is 5.78 Å². The summed E-state index contributed by atoms with van der Waals surface area (Å²) in [7, 11) is 1.48. The Kier molecular flexibility index (Phi) is 4.97. The molecule has 38 heavy (non-hydrogen) atoms. The largest absolute Gasteiger partial charge is 0.469 e. The fourth-order valence-electron chi connectivity index (χ4n) is 11.0. The lowest BCUT2D eigenvalue weighted by Gasteiger charge is -2.68. The van der Waals surface area contributed by atoms with E-state index in [9.17, 15) is 14.4 Å². The van der Waals surface area contributed by atoms with Crippen molar-refractivity contribution in [2.24, 2.45) is 50.2 Å². The van der Waals surface area contributed by atoms with Crippen LogP contribution in [0.15, 0.2) is 11.6 Å². The zero-order chi connectivity index (χ0) is 27.9. The number of Topliss-reactive ketones (excluding diaryl/α,β-unsaturated/α-hetero) is 1. The molecule has 0 unspecified atom stereocenters. The minimum Gasteiger partial charge on any atom is -0.469 e. The highest BCUT2D eigenvalue weighted by molar-refractivity contribution is 6.00. The van der Waals surface area contributed by atoms with Gasteiger partial charge in [0.15, 0.2) is 11.9 Å². The molecular weight excluding hydrogens is 478 g/mol. The van der Waals surface area contributed by atoms with Crippen molar-refractivity contribution in [3.63, 3.8) is 0 Å². The van der Waals surface area contributed by atoms with Gasteiger partial charge in [-0.05, 0) is 79.1 Å². The number of esters is 1. The maximum absolute atomic E-state index is 14.5. The Morgan fingerprint density at radius 1 is 1.03 bits per heavy atom. The van der Waals surface area contributed by atoms with Gasteiger partial charge >= 0.3 is 11.7 Å². The molecule has 9 atom stereocenters. The van der Waals surface area contributed by atoms with Gasteiger partial charge < -0.3 is 4.74 Å². The number of hydrogen-bond donors (Lipinski definition) is 0. The number of carbonyl (C=O) groups excluding carboxylic acids is 3. The van der Waals surface area contributed by atoms with Crippen molar-refractivity contribution in [1.29, 1.82) is 0 Å². The van der Waals surface area contributed by atoms with Crippen LogP contribution in [-0.2, 0) is 23.9 Å². The monoisotopic (exact) mass is 521 g/mol. The molecule has 0 bridgehead atoms. The number of ether oxygens (including phenoxy) is 2. The molecule has 0 radical (unpaired) electrons. The summed E-state index contributed by atoms with van der Waals surface area (Å²) in [5, 5.41) is 0. The smallest absolute Gasteiger partial charge is 0.424 e. The molecule has 1 saturated heterocycles. The van der Waals surface area contributed by atoms with Gasteiger partial charge in [-0.25, -0.2) is 6.57 Å². The standard InChI is InChI=1S/C32H43NO5/c1-26(2)12-14-31(25(36)37-9)15-13-29(6)22(18(31)17-26)19(34)16-21-28(29,5)11-10-20-27(3,4)23(35)32(33-8)24(38-32)30(20,21)7/h16,18,20,22,24H,10-15,17H2,1-7,9H3/t18-,20-,22-,24+,28+,29+,30-,31-,32-/m0/s1. The van der Waals surface area contributed by atoms with E-state index >= 15 is 0 Å². The number of nitrogens with zero attached hydrogens (tertiary/aromatic N) is 1. The molecule has 6 nitrogen and oxygen atoms in total. The zero-order valence-corrected chi connectivity index (χ0v) is 24.3. The van der Waals surface area contributed by atoms with E-state index in [2.05, 4.69) is 39.5 Å². The first kappa shape index (κ1) is 26.2. The van der Waals surface area contributed by atoms with Crippen LogP contribution < -0.4 is 0 Å². The van der Waals surface area contributed by atoms with Crippen molar-refractivity contribution in [3.8, 4) is 0 Å². The summed E-state index contributed by atoms with van der Waals surface area (Å²) in [4.78, 5) is 45.2. The van der Waals surface area contributed by atoms with Crippen molar-refractivity contribution >= 4 is 17.5 Å². The summed E-state index contributed by atoms with van der Waals surface area (Å²) >= 11 is 0. The van der Waals surface area contributed by atoms with Crippen molar-refractivity contribution in [3.05, 3.63) is 23.1 Å². The molecule has 0 spiro atoms. The maximum atomic E-state index is 14.5. The third-order valence-corrected chi connectivity index (χ3v) is 13.3. The zero-order valence-electron chi connectivity index (χ0n) is 24.3. The topological polar surface area (TPSA) is 77.3 Å². The molecule has 6 heteroatoms. The van der Waals surface area contributed by atoms with Crippen LogP contribution in [0.3, 0.4) is 0 Å². The number of epoxide rings is 1. The summed E-state index contributed by atoms with van der Waals surface area (Å²) in [5.74, 6) is -0.455. The van der Waals surface area contributed by atoms with Crippen molar-refractivity contribution in [2.75, 3.05) is 7.11 Å². The van der Waals surface area contributed by atoms with Crippen LogP contribution in [0.25, 0.3) is 4.85 Å². The van der Waals surface area contributed by atoms with Gasteiger partial charge in [0, 0.05) is 16.7 Å². The third-order valence-electron chi connectivity index (χ3n) is 13.3. The Bertz CT molecular complexity index is 1240. The summed E-state index contributed by atoms with van der Waals surface area (Å²) < 4.78 is 11.5. The Labute approximate surface area is 227 Å². The number of fused-ring (bicyclic) bond motifs is 9. The van der Waals surface area contributed by atoms with E-state index in [0.717, 1.165) is 50.5 Å². The van der Waals surface area contributed by atoms with E-state index in [4.69, 9.17) is 16.0 Å². The van der Waals surface area contributed by atoms with E-state index < -0.39 is 28.1 Å².